The van der Waals surface area contributed by atoms with E-state index in [-0.39, 0.29) is 12.1 Å². The molecule has 0 unspecified atom stereocenters. The quantitative estimate of drug-likeness (QED) is 0.703. The van der Waals surface area contributed by atoms with Crippen molar-refractivity contribution in [2.24, 2.45) is 0 Å². The fraction of sp³-hybridized carbons (Fsp3) is 0.200. The number of hydrogen-bond donors (Lipinski definition) is 0. The van der Waals surface area contributed by atoms with Crippen molar-refractivity contribution in [3.63, 3.8) is 0 Å². The molecule has 4 rings (SSSR count). The van der Waals surface area contributed by atoms with E-state index in [0.29, 0.717) is 0 Å². The van der Waals surface area contributed by atoms with Crippen LogP contribution in [-0.2, 0) is 6.54 Å². The van der Waals surface area contributed by atoms with Crippen molar-refractivity contribution in [2.75, 3.05) is 6.54 Å². The van der Waals surface area contributed by atoms with Gasteiger partial charge in [-0.3, -0.25) is 4.90 Å². The van der Waals surface area contributed by atoms with Gasteiger partial charge in [0, 0.05) is 13.1 Å². The van der Waals surface area contributed by atoms with E-state index >= 15 is 0 Å². The molecule has 0 saturated carbocycles. The molecule has 1 aliphatic rings. The third-order valence-electron chi connectivity index (χ3n) is 4.25. The van der Waals surface area contributed by atoms with Crippen LogP contribution in [0.15, 0.2) is 83.5 Å². The lowest BCUT2D eigenvalue weighted by Gasteiger charge is -2.46. The normalized spacial score (nSPS) is 20.9. The molecule has 1 aliphatic heterocycles. The molecule has 1 saturated heterocycles. The Hall–Kier alpha value is -2.52. The highest BCUT2D eigenvalue weighted by Crippen LogP contribution is 2.37. The van der Waals surface area contributed by atoms with E-state index in [1.165, 1.54) is 5.56 Å². The van der Waals surface area contributed by atoms with Crippen LogP contribution < -0.4 is 4.74 Å². The molecule has 3 nitrogen and oxygen atoms in total. The second kappa shape index (κ2) is 6.31. The highest BCUT2D eigenvalue weighted by Gasteiger charge is 2.43. The van der Waals surface area contributed by atoms with Crippen molar-refractivity contribution in [1.82, 2.24) is 4.90 Å². The Kier molecular flexibility index (Phi) is 3.86. The maximum absolute atomic E-state index is 6.15. The van der Waals surface area contributed by atoms with Crippen molar-refractivity contribution in [3.8, 4) is 5.75 Å². The van der Waals surface area contributed by atoms with Gasteiger partial charge in [0.05, 0.1) is 6.26 Å². The van der Waals surface area contributed by atoms with Crippen LogP contribution in [0, 0.1) is 0 Å². The zero-order valence-corrected chi connectivity index (χ0v) is 12.8. The molecule has 0 spiro atoms. The number of benzene rings is 2. The smallest absolute Gasteiger partial charge is 0.134 e. The van der Waals surface area contributed by atoms with E-state index in [2.05, 4.69) is 29.2 Å². The summed E-state index contributed by atoms with van der Waals surface area (Å²) in [5.41, 5.74) is 1.31. The molecule has 0 bridgehead atoms. The van der Waals surface area contributed by atoms with Gasteiger partial charge in [-0.05, 0) is 29.8 Å². The predicted molar refractivity (Wildman–Crippen MR) is 89.2 cm³/mol. The number of rotatable bonds is 5. The van der Waals surface area contributed by atoms with Crippen LogP contribution in [0.4, 0.5) is 0 Å². The van der Waals surface area contributed by atoms with Gasteiger partial charge in [0.2, 0.25) is 0 Å². The van der Waals surface area contributed by atoms with Gasteiger partial charge >= 0.3 is 0 Å². The highest BCUT2D eigenvalue weighted by atomic mass is 16.5. The fourth-order valence-corrected chi connectivity index (χ4v) is 3.12. The van der Waals surface area contributed by atoms with Crippen LogP contribution in [-0.4, -0.2) is 17.5 Å². The molecule has 2 heterocycles. The third-order valence-corrected chi connectivity index (χ3v) is 4.25. The van der Waals surface area contributed by atoms with Crippen molar-refractivity contribution in [3.05, 3.63) is 90.4 Å². The topological polar surface area (TPSA) is 25.6 Å². The van der Waals surface area contributed by atoms with Crippen LogP contribution in [0.1, 0.15) is 17.4 Å². The van der Waals surface area contributed by atoms with E-state index in [1.54, 1.807) is 6.26 Å². The van der Waals surface area contributed by atoms with Gasteiger partial charge in [0.1, 0.15) is 23.7 Å². The average molecular weight is 305 g/mol. The molecule has 2 aromatic carbocycles. The van der Waals surface area contributed by atoms with Gasteiger partial charge in [0.15, 0.2) is 0 Å². The molecule has 3 heteroatoms. The number of likely N-dealkylation sites (tertiary alicyclic amines) is 1. The zero-order chi connectivity index (χ0) is 15.5. The van der Waals surface area contributed by atoms with Gasteiger partial charge in [0.25, 0.3) is 0 Å². The molecule has 0 amide bonds. The molecule has 0 aliphatic carbocycles. The Bertz CT molecular complexity index is 677. The molecule has 116 valence electrons. The molecule has 1 aromatic heterocycles. The van der Waals surface area contributed by atoms with E-state index in [1.807, 2.05) is 48.5 Å². The van der Waals surface area contributed by atoms with Gasteiger partial charge in [-0.15, -0.1) is 0 Å². The molecular formula is C20H19NO2. The van der Waals surface area contributed by atoms with Crippen molar-refractivity contribution >= 4 is 0 Å². The van der Waals surface area contributed by atoms with Crippen LogP contribution in [0.25, 0.3) is 0 Å². The van der Waals surface area contributed by atoms with E-state index in [4.69, 9.17) is 9.15 Å². The summed E-state index contributed by atoms with van der Waals surface area (Å²) in [7, 11) is 0. The summed E-state index contributed by atoms with van der Waals surface area (Å²) in [5.74, 6) is 1.88. The lowest BCUT2D eigenvalue weighted by atomic mass is 9.95. The standard InChI is InChI=1S/C20H19NO2/c1-3-8-16(9-4-1)14-21-15-19(20(21)18-12-7-13-22-18)23-17-10-5-2-6-11-17/h1-13,19-20H,14-15H2/t19-,20-/m0/s1. The first-order valence-corrected chi connectivity index (χ1v) is 7.93. The molecule has 2 atom stereocenters. The van der Waals surface area contributed by atoms with Crippen molar-refractivity contribution in [1.29, 1.82) is 0 Å². The maximum atomic E-state index is 6.15. The minimum Gasteiger partial charge on any atom is -0.487 e. The Morgan fingerprint density at radius 1 is 0.913 bits per heavy atom. The second-order valence-electron chi connectivity index (χ2n) is 5.84. The summed E-state index contributed by atoms with van der Waals surface area (Å²) in [6.45, 7) is 1.80. The first kappa shape index (κ1) is 14.1. The zero-order valence-electron chi connectivity index (χ0n) is 12.8. The first-order valence-electron chi connectivity index (χ1n) is 7.93. The Morgan fingerprint density at radius 3 is 2.35 bits per heavy atom. The Labute approximate surface area is 136 Å². The summed E-state index contributed by atoms with van der Waals surface area (Å²) < 4.78 is 11.8. The van der Waals surface area contributed by atoms with E-state index in [0.717, 1.165) is 24.6 Å². The van der Waals surface area contributed by atoms with Gasteiger partial charge in [-0.1, -0.05) is 48.5 Å². The summed E-state index contributed by atoms with van der Waals surface area (Å²) in [6.07, 6.45) is 1.85. The molecular weight excluding hydrogens is 286 g/mol. The van der Waals surface area contributed by atoms with Gasteiger partial charge < -0.3 is 9.15 Å². The largest absolute Gasteiger partial charge is 0.487 e. The molecule has 0 radical (unpaired) electrons. The van der Waals surface area contributed by atoms with E-state index in [9.17, 15) is 0 Å². The number of hydrogen-bond acceptors (Lipinski definition) is 3. The molecule has 23 heavy (non-hydrogen) atoms. The third kappa shape index (κ3) is 3.01. The SMILES string of the molecule is c1ccc(CN2C[C@H](Oc3ccccc3)[C@@H]2c2ccco2)cc1. The number of nitrogens with zero attached hydrogens (tertiary/aromatic N) is 1. The number of ether oxygens (including phenoxy) is 1. The summed E-state index contributed by atoms with van der Waals surface area (Å²) in [6, 6.07) is 24.6. The van der Waals surface area contributed by atoms with Crippen LogP contribution in [0.2, 0.25) is 0 Å². The lowest BCUT2D eigenvalue weighted by Crippen LogP contribution is -2.55. The minimum absolute atomic E-state index is 0.118. The maximum Gasteiger partial charge on any atom is 0.134 e. The monoisotopic (exact) mass is 305 g/mol. The lowest BCUT2D eigenvalue weighted by molar-refractivity contribution is -0.0624. The highest BCUT2D eigenvalue weighted by molar-refractivity contribution is 5.24. The average Bonchev–Trinajstić information content (AvgIpc) is 3.09. The predicted octanol–water partition coefficient (Wildman–Crippen LogP) is 4.28. The van der Waals surface area contributed by atoms with E-state index < -0.39 is 0 Å². The van der Waals surface area contributed by atoms with Crippen LogP contribution in [0.5, 0.6) is 5.75 Å². The van der Waals surface area contributed by atoms with Crippen molar-refractivity contribution in [2.45, 2.75) is 18.7 Å². The molecule has 1 fully saturated rings. The molecule has 0 N–H and O–H groups in total. The van der Waals surface area contributed by atoms with Gasteiger partial charge in [-0.25, -0.2) is 0 Å². The van der Waals surface area contributed by atoms with Crippen LogP contribution >= 0.6 is 0 Å². The fourth-order valence-electron chi connectivity index (χ4n) is 3.12. The van der Waals surface area contributed by atoms with Gasteiger partial charge in [-0.2, -0.15) is 0 Å². The Balaban J connectivity index is 1.51. The van der Waals surface area contributed by atoms with Crippen molar-refractivity contribution < 1.29 is 9.15 Å². The number of furan rings is 1. The summed E-state index contributed by atoms with van der Waals surface area (Å²) >= 11 is 0. The molecule has 3 aromatic rings. The van der Waals surface area contributed by atoms with Crippen LogP contribution in [0.3, 0.4) is 0 Å². The second-order valence-corrected chi connectivity index (χ2v) is 5.84. The Morgan fingerprint density at radius 2 is 1.65 bits per heavy atom. The summed E-state index contributed by atoms with van der Waals surface area (Å²) in [5, 5.41) is 0. The first-order chi connectivity index (χ1) is 11.4. The minimum atomic E-state index is 0.118. The number of para-hydroxylation sites is 1. The summed E-state index contributed by atoms with van der Waals surface area (Å²) in [4.78, 5) is 2.39.